The van der Waals surface area contributed by atoms with Crippen molar-refractivity contribution in [3.63, 3.8) is 0 Å². The zero-order valence-corrected chi connectivity index (χ0v) is 18.9. The average molecular weight is 436 g/mol. The third-order valence-corrected chi connectivity index (χ3v) is 7.65. The van der Waals surface area contributed by atoms with Gasteiger partial charge in [-0.3, -0.25) is 9.78 Å². The van der Waals surface area contributed by atoms with Crippen molar-refractivity contribution in [2.45, 2.75) is 45.3 Å². The summed E-state index contributed by atoms with van der Waals surface area (Å²) in [5, 5.41) is 0.701. The summed E-state index contributed by atoms with van der Waals surface area (Å²) in [6, 6.07) is 11.7. The summed E-state index contributed by atoms with van der Waals surface area (Å²) in [4.78, 5) is 21.5. The number of carbonyl (C=O) groups is 1. The van der Waals surface area contributed by atoms with E-state index in [-0.39, 0.29) is 35.7 Å². The van der Waals surface area contributed by atoms with Gasteiger partial charge in [-0.05, 0) is 31.6 Å². The van der Waals surface area contributed by atoms with Gasteiger partial charge in [-0.15, -0.1) is 0 Å². The third kappa shape index (κ3) is 3.66. The van der Waals surface area contributed by atoms with Gasteiger partial charge >= 0.3 is 5.97 Å². The fraction of sp³-hybridized carbons (Fsp3) is 0.423. The van der Waals surface area contributed by atoms with E-state index in [4.69, 9.17) is 22.9 Å². The summed E-state index contributed by atoms with van der Waals surface area (Å²) >= 11 is 6.31. The molecule has 1 aliphatic carbocycles. The van der Waals surface area contributed by atoms with Crippen LogP contribution in [0.25, 0.3) is 22.0 Å². The van der Waals surface area contributed by atoms with Gasteiger partial charge in [-0.2, -0.15) is 0 Å². The fourth-order valence-electron chi connectivity index (χ4n) is 5.62. The Balaban J connectivity index is 1.66. The molecule has 1 saturated carbocycles. The quantitative estimate of drug-likeness (QED) is 0.524. The predicted octanol–water partition coefficient (Wildman–Crippen LogP) is 6.36. The van der Waals surface area contributed by atoms with Gasteiger partial charge in [-0.25, -0.2) is 0 Å². The van der Waals surface area contributed by atoms with Crippen LogP contribution < -0.4 is 0 Å². The molecule has 0 N–H and O–H groups in total. The van der Waals surface area contributed by atoms with Gasteiger partial charge in [0.25, 0.3) is 12.1 Å². The number of hydrogen-bond acceptors (Lipinski definition) is 3. The minimum absolute atomic E-state index is 0.00254. The molecule has 6 atom stereocenters. The minimum Gasteiger partial charge on any atom is -0.462 e. The number of benzene rings is 1. The van der Waals surface area contributed by atoms with Gasteiger partial charge in [-0.1, -0.05) is 60.6 Å². The minimum atomic E-state index is -0.419. The Morgan fingerprint density at radius 2 is 2.06 bits per heavy atom. The molecule has 2 aliphatic rings. The summed E-state index contributed by atoms with van der Waals surface area (Å²) in [7, 11) is 0. The molecule has 4 rings (SSSR count). The molecule has 2 fully saturated rings. The van der Waals surface area contributed by atoms with Crippen LogP contribution in [0.3, 0.4) is 0 Å². The van der Waals surface area contributed by atoms with Crippen LogP contribution in [0.4, 0.5) is 0 Å². The maximum absolute atomic E-state index is 12.4. The molecule has 1 aliphatic heterocycles. The monoisotopic (exact) mass is 435 g/mol. The Hall–Kier alpha value is -2.64. The lowest BCUT2D eigenvalue weighted by atomic mass is 9.57. The van der Waals surface area contributed by atoms with E-state index in [1.807, 2.05) is 55.6 Å². The Morgan fingerprint density at radius 3 is 2.71 bits per heavy atom. The van der Waals surface area contributed by atoms with Gasteiger partial charge < -0.3 is 4.74 Å². The highest BCUT2D eigenvalue weighted by Gasteiger charge is 2.64. The summed E-state index contributed by atoms with van der Waals surface area (Å²) < 4.78 is 5.61. The smallest absolute Gasteiger partial charge is 0.309 e. The van der Waals surface area contributed by atoms with Crippen LogP contribution in [-0.4, -0.2) is 22.6 Å². The molecule has 4 nitrogen and oxygen atoms in total. The maximum Gasteiger partial charge on any atom is 0.309 e. The van der Waals surface area contributed by atoms with Gasteiger partial charge in [0, 0.05) is 40.6 Å². The highest BCUT2D eigenvalue weighted by molar-refractivity contribution is 6.33. The Morgan fingerprint density at radius 1 is 1.29 bits per heavy atom. The molecule has 2 aromatic rings. The number of hydrogen-bond donors (Lipinski definition) is 0. The van der Waals surface area contributed by atoms with Crippen molar-refractivity contribution < 1.29 is 9.53 Å². The highest BCUT2D eigenvalue weighted by atomic mass is 35.5. The van der Waals surface area contributed by atoms with E-state index in [0.29, 0.717) is 5.02 Å². The number of esters is 1. The maximum atomic E-state index is 12.4. The Kier molecular flexibility index (Phi) is 5.90. The van der Waals surface area contributed by atoms with Crippen LogP contribution in [0.5, 0.6) is 0 Å². The molecule has 2 heterocycles. The van der Waals surface area contributed by atoms with E-state index in [0.717, 1.165) is 29.7 Å². The highest BCUT2D eigenvalue weighted by Crippen LogP contribution is 2.54. The lowest BCUT2D eigenvalue weighted by Gasteiger charge is -2.41. The van der Waals surface area contributed by atoms with Crippen molar-refractivity contribution in [1.82, 2.24) is 4.98 Å². The molecule has 0 radical (unpaired) electrons. The van der Waals surface area contributed by atoms with Crippen molar-refractivity contribution in [1.29, 1.82) is 0 Å². The molecular formula is C26H28ClN2O2+. The number of halogens is 1. The van der Waals surface area contributed by atoms with Gasteiger partial charge in [0.05, 0.1) is 17.5 Å². The second kappa shape index (κ2) is 8.48. The van der Waals surface area contributed by atoms with E-state index in [1.165, 1.54) is 0 Å². The predicted molar refractivity (Wildman–Crippen MR) is 125 cm³/mol. The number of fused-ring (bicyclic) bond motifs is 1. The van der Waals surface area contributed by atoms with E-state index < -0.39 is 5.54 Å². The molecule has 160 valence electrons. The van der Waals surface area contributed by atoms with Crippen molar-refractivity contribution >= 4 is 23.6 Å². The number of aromatic nitrogens is 1. The molecule has 5 heteroatoms. The van der Waals surface area contributed by atoms with E-state index >= 15 is 0 Å². The first-order chi connectivity index (χ1) is 14.9. The number of nitrogens with zero attached hydrogens (tertiary/aromatic N) is 2. The molecule has 31 heavy (non-hydrogen) atoms. The van der Waals surface area contributed by atoms with Gasteiger partial charge in [0.1, 0.15) is 6.10 Å². The number of carbonyl (C=O) groups excluding carboxylic acids is 1. The summed E-state index contributed by atoms with van der Waals surface area (Å²) in [5.74, 6) is 0.0625. The van der Waals surface area contributed by atoms with Crippen molar-refractivity contribution in [2.75, 3.05) is 0 Å². The Labute approximate surface area is 189 Å². The van der Waals surface area contributed by atoms with Crippen LogP contribution in [-0.2, 0) is 9.53 Å². The standard InChI is InChI=1S/C26H28ClN2O2/c1-5-26(28-4)16(2)14-21-24(17(3)31-25(21)30)22(26)13-12-19-11-10-18(15-29-19)20-8-6-7-9-23(20)27/h4,6-13,15-17,21-22,24H,5,14H2,1-3H3/q+1/b13-12+/t16-,17+,21+,22+,24+,26-/m0/s1. The number of cyclic esters (lactones) is 1. The van der Waals surface area contributed by atoms with Crippen molar-refractivity contribution in [2.24, 2.45) is 23.7 Å². The molecule has 0 spiro atoms. The molecule has 0 bridgehead atoms. The topological polar surface area (TPSA) is 43.5 Å². The largest absolute Gasteiger partial charge is 0.462 e. The summed E-state index contributed by atoms with van der Waals surface area (Å²) in [6.45, 7) is 12.2. The summed E-state index contributed by atoms with van der Waals surface area (Å²) in [6.07, 6.45) is 7.41. The average Bonchev–Trinajstić information content (AvgIpc) is 3.05. The fourth-order valence-corrected chi connectivity index (χ4v) is 5.87. The van der Waals surface area contributed by atoms with Crippen LogP contribution in [0.2, 0.25) is 5.02 Å². The number of pyridine rings is 1. The van der Waals surface area contributed by atoms with Crippen LogP contribution in [0, 0.1) is 30.2 Å². The van der Waals surface area contributed by atoms with Crippen molar-refractivity contribution in [3.8, 4) is 17.7 Å². The van der Waals surface area contributed by atoms with Crippen LogP contribution in [0.15, 0.2) is 48.7 Å². The first kappa shape index (κ1) is 21.6. The molecular weight excluding hydrogens is 408 g/mol. The Bertz CT molecular complexity index is 1040. The second-order valence-corrected chi connectivity index (χ2v) is 9.18. The normalized spacial score (nSPS) is 32.5. The van der Waals surface area contributed by atoms with Gasteiger partial charge in [0.15, 0.2) is 0 Å². The summed E-state index contributed by atoms with van der Waals surface area (Å²) in [5.41, 5.74) is 2.35. The molecule has 1 aromatic carbocycles. The second-order valence-electron chi connectivity index (χ2n) is 8.77. The van der Waals surface area contributed by atoms with Crippen molar-refractivity contribution in [3.05, 3.63) is 64.2 Å². The number of rotatable bonds is 4. The lowest BCUT2D eigenvalue weighted by molar-refractivity contribution is -0.144. The zero-order valence-electron chi connectivity index (χ0n) is 18.2. The molecule has 1 aromatic heterocycles. The molecule has 0 amide bonds. The molecule has 1 saturated heterocycles. The van der Waals surface area contributed by atoms with Gasteiger partial charge in [0.2, 0.25) is 0 Å². The molecule has 0 unspecified atom stereocenters. The lowest BCUT2D eigenvalue weighted by Crippen LogP contribution is -2.51. The van der Waals surface area contributed by atoms with E-state index in [1.54, 1.807) is 0 Å². The van der Waals surface area contributed by atoms with Crippen LogP contribution in [0.1, 0.15) is 39.3 Å². The number of ether oxygens (including phenoxy) is 1. The van der Waals surface area contributed by atoms with E-state index in [2.05, 4.69) is 29.8 Å². The first-order valence-electron chi connectivity index (χ1n) is 10.9. The zero-order chi connectivity index (χ0) is 22.2. The SMILES string of the molecule is C#[N+][C@]1(CC)[C@H](/C=C/c2ccc(-c3ccccc3Cl)cn2)[C@@H]2[C@@H](C)OC(=O)[C@@H]2C[C@@H]1C. The third-order valence-electron chi connectivity index (χ3n) is 7.32. The van der Waals surface area contributed by atoms with Crippen LogP contribution >= 0.6 is 11.6 Å². The van der Waals surface area contributed by atoms with E-state index in [9.17, 15) is 4.79 Å². The first-order valence-corrected chi connectivity index (χ1v) is 11.3.